The third-order valence-electron chi connectivity index (χ3n) is 3.92. The van der Waals surface area contributed by atoms with Crippen LogP contribution in [0.25, 0.3) is 11.0 Å². The SMILES string of the molecule is O=c1cc(C2CCCCC2)c2cc(O)c(O)cc2o1. The van der Waals surface area contributed by atoms with E-state index in [1.165, 1.54) is 24.6 Å². The summed E-state index contributed by atoms with van der Waals surface area (Å²) in [6, 6.07) is 4.31. The van der Waals surface area contributed by atoms with Crippen molar-refractivity contribution in [1.29, 1.82) is 0 Å². The van der Waals surface area contributed by atoms with Gasteiger partial charge in [0.1, 0.15) is 5.58 Å². The van der Waals surface area contributed by atoms with Crippen molar-refractivity contribution in [2.24, 2.45) is 0 Å². The molecule has 1 heterocycles. The maximum Gasteiger partial charge on any atom is 0.336 e. The summed E-state index contributed by atoms with van der Waals surface area (Å²) in [4.78, 5) is 11.6. The van der Waals surface area contributed by atoms with Gasteiger partial charge in [-0.2, -0.15) is 0 Å². The van der Waals surface area contributed by atoms with Crippen molar-refractivity contribution in [1.82, 2.24) is 0 Å². The fourth-order valence-corrected chi connectivity index (χ4v) is 2.96. The van der Waals surface area contributed by atoms with Gasteiger partial charge in [0.05, 0.1) is 0 Å². The van der Waals surface area contributed by atoms with E-state index >= 15 is 0 Å². The molecular weight excluding hydrogens is 244 g/mol. The topological polar surface area (TPSA) is 70.7 Å². The fourth-order valence-electron chi connectivity index (χ4n) is 2.96. The Kier molecular flexibility index (Phi) is 2.93. The van der Waals surface area contributed by atoms with E-state index in [9.17, 15) is 15.0 Å². The van der Waals surface area contributed by atoms with E-state index in [1.54, 1.807) is 0 Å². The summed E-state index contributed by atoms with van der Waals surface area (Å²) in [5.41, 5.74) is 0.864. The van der Waals surface area contributed by atoms with Crippen LogP contribution in [0.2, 0.25) is 0 Å². The Morgan fingerprint density at radius 1 is 1.00 bits per heavy atom. The zero-order chi connectivity index (χ0) is 13.4. The van der Waals surface area contributed by atoms with E-state index in [1.807, 2.05) is 0 Å². The molecule has 100 valence electrons. The van der Waals surface area contributed by atoms with Gasteiger partial charge in [-0.25, -0.2) is 4.79 Å². The lowest BCUT2D eigenvalue weighted by atomic mass is 9.83. The van der Waals surface area contributed by atoms with Crippen molar-refractivity contribution in [2.75, 3.05) is 0 Å². The lowest BCUT2D eigenvalue weighted by Crippen LogP contribution is -2.09. The number of phenols is 2. The number of hydrogen-bond acceptors (Lipinski definition) is 4. The van der Waals surface area contributed by atoms with Crippen LogP contribution in [-0.4, -0.2) is 10.2 Å². The summed E-state index contributed by atoms with van der Waals surface area (Å²) in [5, 5.41) is 19.9. The van der Waals surface area contributed by atoms with Crippen molar-refractivity contribution in [3.63, 3.8) is 0 Å². The molecule has 0 aliphatic heterocycles. The Morgan fingerprint density at radius 3 is 2.42 bits per heavy atom. The average Bonchev–Trinajstić information content (AvgIpc) is 2.41. The van der Waals surface area contributed by atoms with Crippen LogP contribution in [0.1, 0.15) is 43.6 Å². The molecule has 0 spiro atoms. The van der Waals surface area contributed by atoms with Gasteiger partial charge in [0.2, 0.25) is 0 Å². The Labute approximate surface area is 110 Å². The van der Waals surface area contributed by atoms with Gasteiger partial charge in [-0.05, 0) is 30.4 Å². The molecule has 1 aromatic carbocycles. The highest BCUT2D eigenvalue weighted by molar-refractivity contribution is 5.84. The first kappa shape index (κ1) is 12.1. The predicted molar refractivity (Wildman–Crippen MR) is 71.6 cm³/mol. The smallest absolute Gasteiger partial charge is 0.336 e. The molecule has 0 radical (unpaired) electrons. The Hall–Kier alpha value is -1.97. The second-order valence-corrected chi connectivity index (χ2v) is 5.19. The van der Waals surface area contributed by atoms with Gasteiger partial charge in [-0.1, -0.05) is 19.3 Å². The second-order valence-electron chi connectivity index (χ2n) is 5.19. The first-order valence-corrected chi connectivity index (χ1v) is 6.65. The quantitative estimate of drug-likeness (QED) is 0.610. The van der Waals surface area contributed by atoms with E-state index in [0.29, 0.717) is 11.5 Å². The van der Waals surface area contributed by atoms with Crippen LogP contribution >= 0.6 is 0 Å². The third kappa shape index (κ3) is 2.18. The molecule has 1 fully saturated rings. The lowest BCUT2D eigenvalue weighted by Gasteiger charge is -2.22. The highest BCUT2D eigenvalue weighted by atomic mass is 16.4. The molecule has 1 aliphatic rings. The number of rotatable bonds is 1. The van der Waals surface area contributed by atoms with E-state index in [2.05, 4.69) is 0 Å². The maximum absolute atomic E-state index is 11.6. The number of hydrogen-bond donors (Lipinski definition) is 2. The molecule has 19 heavy (non-hydrogen) atoms. The summed E-state index contributed by atoms with van der Waals surface area (Å²) in [6.07, 6.45) is 5.68. The molecule has 2 N–H and O–H groups in total. The van der Waals surface area contributed by atoms with Crippen LogP contribution in [0.4, 0.5) is 0 Å². The van der Waals surface area contributed by atoms with Crippen LogP contribution in [0, 0.1) is 0 Å². The molecular formula is C15H16O4. The fraction of sp³-hybridized carbons (Fsp3) is 0.400. The predicted octanol–water partition coefficient (Wildman–Crippen LogP) is 3.25. The molecule has 1 aromatic heterocycles. The molecule has 4 heteroatoms. The molecule has 2 aromatic rings. The highest BCUT2D eigenvalue weighted by Crippen LogP contribution is 2.38. The van der Waals surface area contributed by atoms with E-state index in [0.717, 1.165) is 36.6 Å². The van der Waals surface area contributed by atoms with Crippen LogP contribution in [-0.2, 0) is 0 Å². The minimum Gasteiger partial charge on any atom is -0.504 e. The minimum atomic E-state index is -0.404. The molecule has 1 saturated carbocycles. The third-order valence-corrected chi connectivity index (χ3v) is 3.92. The van der Waals surface area contributed by atoms with Gasteiger partial charge < -0.3 is 14.6 Å². The first-order valence-electron chi connectivity index (χ1n) is 6.65. The van der Waals surface area contributed by atoms with E-state index < -0.39 is 5.63 Å². The van der Waals surface area contributed by atoms with Crippen LogP contribution in [0.3, 0.4) is 0 Å². The summed E-state index contributed by atoms with van der Waals surface area (Å²) >= 11 is 0. The average molecular weight is 260 g/mol. The zero-order valence-electron chi connectivity index (χ0n) is 10.6. The Bertz CT molecular complexity index is 666. The normalized spacial score (nSPS) is 16.8. The number of phenolic OH excluding ortho intramolecular Hbond substituents is 2. The van der Waals surface area contributed by atoms with Gasteiger partial charge in [-0.15, -0.1) is 0 Å². The Balaban J connectivity index is 2.21. The van der Waals surface area contributed by atoms with Gasteiger partial charge in [-0.3, -0.25) is 0 Å². The second kappa shape index (κ2) is 4.61. The minimum absolute atomic E-state index is 0.182. The standard InChI is InChI=1S/C15H16O4/c16-12-6-11-10(9-4-2-1-3-5-9)7-15(18)19-14(11)8-13(12)17/h6-9,16-17H,1-5H2. The Morgan fingerprint density at radius 2 is 1.68 bits per heavy atom. The van der Waals surface area contributed by atoms with Gasteiger partial charge in [0.25, 0.3) is 0 Å². The van der Waals surface area contributed by atoms with Crippen molar-refractivity contribution < 1.29 is 14.6 Å². The number of fused-ring (bicyclic) bond motifs is 1. The molecule has 0 unspecified atom stereocenters. The van der Waals surface area contributed by atoms with E-state index in [4.69, 9.17) is 4.42 Å². The van der Waals surface area contributed by atoms with Crippen molar-refractivity contribution in [3.05, 3.63) is 34.2 Å². The summed E-state index contributed by atoms with van der Waals surface area (Å²) in [6.45, 7) is 0. The van der Waals surface area contributed by atoms with Crippen molar-refractivity contribution in [3.8, 4) is 11.5 Å². The maximum atomic E-state index is 11.6. The highest BCUT2D eigenvalue weighted by Gasteiger charge is 2.20. The monoisotopic (exact) mass is 260 g/mol. The summed E-state index contributed by atoms with van der Waals surface area (Å²) in [5.74, 6) is -0.112. The van der Waals surface area contributed by atoms with Crippen molar-refractivity contribution in [2.45, 2.75) is 38.0 Å². The van der Waals surface area contributed by atoms with Crippen LogP contribution in [0.5, 0.6) is 11.5 Å². The van der Waals surface area contributed by atoms with Gasteiger partial charge in [0.15, 0.2) is 11.5 Å². The first-order chi connectivity index (χ1) is 9.15. The van der Waals surface area contributed by atoms with Gasteiger partial charge >= 0.3 is 5.63 Å². The van der Waals surface area contributed by atoms with Crippen LogP contribution in [0.15, 0.2) is 27.4 Å². The zero-order valence-corrected chi connectivity index (χ0v) is 10.6. The molecule has 0 saturated heterocycles. The molecule has 0 atom stereocenters. The van der Waals surface area contributed by atoms with Crippen LogP contribution < -0.4 is 5.63 Å². The van der Waals surface area contributed by atoms with Crippen molar-refractivity contribution >= 4 is 11.0 Å². The molecule has 3 rings (SSSR count). The number of aromatic hydroxyl groups is 2. The van der Waals surface area contributed by atoms with E-state index in [-0.39, 0.29) is 11.5 Å². The largest absolute Gasteiger partial charge is 0.504 e. The molecule has 4 nitrogen and oxygen atoms in total. The number of benzene rings is 1. The van der Waals surface area contributed by atoms with Gasteiger partial charge in [0, 0.05) is 17.5 Å². The molecule has 0 amide bonds. The lowest BCUT2D eigenvalue weighted by molar-refractivity contribution is 0.402. The summed E-state index contributed by atoms with van der Waals surface area (Å²) in [7, 11) is 0. The molecule has 1 aliphatic carbocycles. The summed E-state index contributed by atoms with van der Waals surface area (Å²) < 4.78 is 5.10. The molecule has 0 bridgehead atoms.